The maximum Gasteiger partial charge on any atom is 0.267 e. The average Bonchev–Trinajstić information content (AvgIpc) is 2.74. The topological polar surface area (TPSA) is 54.5 Å². The molecule has 6 rings (SSSR count). The Labute approximate surface area is 170 Å². The molecule has 0 N–H and O–H groups in total. The van der Waals surface area contributed by atoms with Crippen LogP contribution in [0.3, 0.4) is 0 Å². The Balaban J connectivity index is 1.54. The first-order valence-corrected chi connectivity index (χ1v) is 10.6. The van der Waals surface area contributed by atoms with Gasteiger partial charge in [-0.05, 0) is 80.5 Å². The fourth-order valence-corrected chi connectivity index (χ4v) is 6.31. The zero-order chi connectivity index (χ0) is 20.0. The van der Waals surface area contributed by atoms with Crippen molar-refractivity contribution < 1.29 is 14.4 Å². The lowest BCUT2D eigenvalue weighted by molar-refractivity contribution is -0.152. The van der Waals surface area contributed by atoms with Crippen LogP contribution in [-0.4, -0.2) is 22.6 Å². The Bertz CT molecular complexity index is 864. The fourth-order valence-electron chi connectivity index (χ4n) is 6.31. The molecule has 4 aliphatic rings. The molecule has 0 saturated heterocycles. The van der Waals surface area contributed by atoms with Crippen molar-refractivity contribution in [2.24, 2.45) is 23.2 Å². The lowest BCUT2D eigenvalue weighted by atomic mass is 9.49. The summed E-state index contributed by atoms with van der Waals surface area (Å²) in [7, 11) is 0. The van der Waals surface area contributed by atoms with E-state index in [2.05, 4.69) is 0 Å². The quantitative estimate of drug-likeness (QED) is 0.717. The van der Waals surface area contributed by atoms with Gasteiger partial charge in [-0.15, -0.1) is 0 Å². The minimum absolute atomic E-state index is 0.278. The highest BCUT2D eigenvalue weighted by Crippen LogP contribution is 2.60. The zero-order valence-corrected chi connectivity index (χ0v) is 16.4. The first kappa shape index (κ1) is 18.3. The highest BCUT2D eigenvalue weighted by Gasteiger charge is 2.57. The third-order valence-corrected chi connectivity index (χ3v) is 7.14. The molecular weight excluding hydrogens is 362 g/mol. The SMILES string of the molecule is O=C(c1ccccc1)N(C(=O)c1ccccc1)C(=O)C12CC3CC(CC(C3)C1)C2. The summed E-state index contributed by atoms with van der Waals surface area (Å²) in [5.41, 5.74) is 0.189. The Morgan fingerprint density at radius 2 is 1.03 bits per heavy atom. The van der Waals surface area contributed by atoms with Crippen LogP contribution in [0.1, 0.15) is 59.2 Å². The number of carbonyl (C=O) groups is 3. The summed E-state index contributed by atoms with van der Waals surface area (Å²) in [6.07, 6.45) is 6.05. The van der Waals surface area contributed by atoms with Gasteiger partial charge in [0.25, 0.3) is 11.8 Å². The number of imide groups is 3. The zero-order valence-electron chi connectivity index (χ0n) is 16.4. The molecule has 0 aliphatic heterocycles. The van der Waals surface area contributed by atoms with Gasteiger partial charge in [-0.3, -0.25) is 14.4 Å². The predicted octanol–water partition coefficient (Wildman–Crippen LogP) is 4.71. The van der Waals surface area contributed by atoms with Gasteiger partial charge in [0, 0.05) is 11.1 Å². The molecule has 4 fully saturated rings. The first-order valence-electron chi connectivity index (χ1n) is 10.6. The van der Waals surface area contributed by atoms with E-state index in [-0.39, 0.29) is 5.91 Å². The molecule has 148 valence electrons. The first-order chi connectivity index (χ1) is 14.1. The van der Waals surface area contributed by atoms with E-state index in [0.717, 1.165) is 24.2 Å². The van der Waals surface area contributed by atoms with Crippen LogP contribution in [0.4, 0.5) is 0 Å². The minimum Gasteiger partial charge on any atom is -0.273 e. The van der Waals surface area contributed by atoms with Crippen molar-refractivity contribution in [1.82, 2.24) is 4.90 Å². The summed E-state index contributed by atoms with van der Waals surface area (Å²) in [5.74, 6) is 0.377. The van der Waals surface area contributed by atoms with Gasteiger partial charge in [0.05, 0.1) is 5.41 Å². The third-order valence-electron chi connectivity index (χ3n) is 7.14. The van der Waals surface area contributed by atoms with Crippen LogP contribution in [0, 0.1) is 23.2 Å². The molecule has 0 atom stereocenters. The lowest BCUT2D eigenvalue weighted by Gasteiger charge is -2.56. The van der Waals surface area contributed by atoms with Crippen LogP contribution in [0.25, 0.3) is 0 Å². The highest BCUT2D eigenvalue weighted by atomic mass is 16.2. The van der Waals surface area contributed by atoms with Crippen LogP contribution in [0.5, 0.6) is 0 Å². The van der Waals surface area contributed by atoms with E-state index in [9.17, 15) is 14.4 Å². The number of amides is 3. The Morgan fingerprint density at radius 1 is 0.655 bits per heavy atom. The van der Waals surface area contributed by atoms with Crippen LogP contribution < -0.4 is 0 Å². The van der Waals surface area contributed by atoms with E-state index in [0.29, 0.717) is 28.9 Å². The van der Waals surface area contributed by atoms with Gasteiger partial charge < -0.3 is 0 Å². The smallest absolute Gasteiger partial charge is 0.267 e. The molecule has 0 aromatic heterocycles. The lowest BCUT2D eigenvalue weighted by Crippen LogP contribution is -2.57. The molecule has 4 saturated carbocycles. The van der Waals surface area contributed by atoms with Gasteiger partial charge in [0.15, 0.2) is 0 Å². The number of nitrogens with zero attached hydrogens (tertiary/aromatic N) is 1. The standard InChI is InChI=1S/C25H25NO3/c27-22(20-7-3-1-4-8-20)26(23(28)21-9-5-2-6-10-21)24(29)25-14-17-11-18(15-25)13-19(12-17)16-25/h1-10,17-19H,11-16H2. The number of carbonyl (C=O) groups excluding carboxylic acids is 3. The van der Waals surface area contributed by atoms with Gasteiger partial charge in [-0.2, -0.15) is 0 Å². The summed E-state index contributed by atoms with van der Waals surface area (Å²) in [4.78, 5) is 41.6. The molecule has 4 heteroatoms. The van der Waals surface area contributed by atoms with Gasteiger partial charge in [-0.25, -0.2) is 4.90 Å². The maximum absolute atomic E-state index is 13.9. The van der Waals surface area contributed by atoms with E-state index in [4.69, 9.17) is 0 Å². The summed E-state index contributed by atoms with van der Waals surface area (Å²) in [5, 5.41) is 0. The second-order valence-corrected chi connectivity index (χ2v) is 9.18. The van der Waals surface area contributed by atoms with Gasteiger partial charge >= 0.3 is 0 Å². The Kier molecular flexibility index (Phi) is 4.38. The molecule has 0 spiro atoms. The molecule has 0 unspecified atom stereocenters. The van der Waals surface area contributed by atoms with Crippen LogP contribution >= 0.6 is 0 Å². The number of hydrogen-bond donors (Lipinski definition) is 0. The molecule has 4 bridgehead atoms. The van der Waals surface area contributed by atoms with Crippen molar-refractivity contribution in [2.75, 3.05) is 0 Å². The minimum atomic E-state index is -0.552. The molecular formula is C25H25NO3. The van der Waals surface area contributed by atoms with Crippen molar-refractivity contribution in [3.63, 3.8) is 0 Å². The summed E-state index contributed by atoms with van der Waals surface area (Å²) in [6.45, 7) is 0. The molecule has 3 amide bonds. The molecule has 4 nitrogen and oxygen atoms in total. The van der Waals surface area contributed by atoms with Crippen molar-refractivity contribution in [2.45, 2.75) is 38.5 Å². The van der Waals surface area contributed by atoms with Crippen molar-refractivity contribution in [3.8, 4) is 0 Å². The molecule has 2 aromatic rings. The van der Waals surface area contributed by atoms with Crippen LogP contribution in [0.15, 0.2) is 60.7 Å². The van der Waals surface area contributed by atoms with Crippen molar-refractivity contribution in [3.05, 3.63) is 71.8 Å². The monoisotopic (exact) mass is 387 g/mol. The molecule has 0 heterocycles. The third kappa shape index (κ3) is 3.11. The van der Waals surface area contributed by atoms with Gasteiger partial charge in [-0.1, -0.05) is 36.4 Å². The normalized spacial score (nSPS) is 29.4. The maximum atomic E-state index is 13.9. The summed E-state index contributed by atoms with van der Waals surface area (Å²) in [6, 6.07) is 17.3. The van der Waals surface area contributed by atoms with Gasteiger partial charge in [0.1, 0.15) is 0 Å². The summed E-state index contributed by atoms with van der Waals surface area (Å²) >= 11 is 0. The van der Waals surface area contributed by atoms with E-state index < -0.39 is 17.2 Å². The second-order valence-electron chi connectivity index (χ2n) is 9.18. The number of rotatable bonds is 3. The molecule has 29 heavy (non-hydrogen) atoms. The van der Waals surface area contributed by atoms with Crippen molar-refractivity contribution >= 4 is 17.7 Å². The van der Waals surface area contributed by atoms with E-state index in [1.165, 1.54) is 19.3 Å². The van der Waals surface area contributed by atoms with E-state index in [1.807, 2.05) is 12.1 Å². The highest BCUT2D eigenvalue weighted by molar-refractivity contribution is 6.21. The Morgan fingerprint density at radius 3 is 1.41 bits per heavy atom. The molecule has 2 aromatic carbocycles. The fraction of sp³-hybridized carbons (Fsp3) is 0.400. The number of benzene rings is 2. The van der Waals surface area contributed by atoms with E-state index >= 15 is 0 Å². The average molecular weight is 387 g/mol. The second kappa shape index (κ2) is 6.94. The molecule has 0 radical (unpaired) electrons. The largest absolute Gasteiger partial charge is 0.273 e. The van der Waals surface area contributed by atoms with Gasteiger partial charge in [0.2, 0.25) is 5.91 Å². The van der Waals surface area contributed by atoms with Crippen molar-refractivity contribution in [1.29, 1.82) is 0 Å². The van der Waals surface area contributed by atoms with Crippen LogP contribution in [0.2, 0.25) is 0 Å². The predicted molar refractivity (Wildman–Crippen MR) is 109 cm³/mol. The van der Waals surface area contributed by atoms with E-state index in [1.54, 1.807) is 48.5 Å². The summed E-state index contributed by atoms with van der Waals surface area (Å²) < 4.78 is 0. The molecule has 4 aliphatic carbocycles. The van der Waals surface area contributed by atoms with Crippen LogP contribution in [-0.2, 0) is 4.79 Å². The number of hydrogen-bond acceptors (Lipinski definition) is 3. The Hall–Kier alpha value is -2.75.